The quantitative estimate of drug-likeness (QED) is 0.549. The minimum absolute atomic E-state index is 0.0326. The molecule has 0 radical (unpaired) electrons. The molecule has 3 aromatic rings. The van der Waals surface area contributed by atoms with Crippen LogP contribution in [0.1, 0.15) is 26.3 Å². The van der Waals surface area contributed by atoms with E-state index in [1.807, 2.05) is 4.90 Å². The summed E-state index contributed by atoms with van der Waals surface area (Å²) in [7, 11) is 0. The normalized spacial score (nSPS) is 15.6. The summed E-state index contributed by atoms with van der Waals surface area (Å²) in [5, 5.41) is 6.72. The van der Waals surface area contributed by atoms with Crippen LogP contribution >= 0.6 is 0 Å². The molecule has 1 aliphatic heterocycles. The van der Waals surface area contributed by atoms with Crippen molar-refractivity contribution >= 4 is 17.6 Å². The van der Waals surface area contributed by atoms with E-state index in [-0.39, 0.29) is 28.8 Å². The molecular formula is C22H24F5N7. The molecule has 182 valence electrons. The number of benzene rings is 1. The Hall–Kier alpha value is -3.28. The first-order chi connectivity index (χ1) is 15.9. The Kier molecular flexibility index (Phi) is 6.19. The maximum absolute atomic E-state index is 13.6. The van der Waals surface area contributed by atoms with Crippen LogP contribution in [-0.2, 0) is 6.18 Å². The number of hydrogen-bond donors (Lipinski definition) is 1. The third-order valence-corrected chi connectivity index (χ3v) is 5.54. The molecule has 0 saturated carbocycles. The molecule has 0 aliphatic carbocycles. The lowest BCUT2D eigenvalue weighted by Gasteiger charge is -2.42. The molecule has 0 bridgehead atoms. The van der Waals surface area contributed by atoms with Gasteiger partial charge in [-0.1, -0.05) is 0 Å². The molecule has 0 amide bonds. The van der Waals surface area contributed by atoms with Gasteiger partial charge in [0.05, 0.1) is 11.3 Å². The lowest BCUT2D eigenvalue weighted by molar-refractivity contribution is -0.137. The summed E-state index contributed by atoms with van der Waals surface area (Å²) in [5.74, 6) is -1.56. The predicted molar refractivity (Wildman–Crippen MR) is 117 cm³/mol. The lowest BCUT2D eigenvalue weighted by atomic mass is 10.0. The van der Waals surface area contributed by atoms with Gasteiger partial charge >= 0.3 is 6.18 Å². The molecule has 0 atom stereocenters. The number of nitrogens with one attached hydrogen (secondary N) is 1. The van der Waals surface area contributed by atoms with Crippen molar-refractivity contribution in [3.05, 3.63) is 53.9 Å². The van der Waals surface area contributed by atoms with Gasteiger partial charge in [0.25, 0.3) is 0 Å². The van der Waals surface area contributed by atoms with Crippen LogP contribution in [0, 0.1) is 11.6 Å². The molecule has 1 aromatic carbocycles. The van der Waals surface area contributed by atoms with E-state index in [2.05, 4.69) is 46.1 Å². The molecule has 1 saturated heterocycles. The second-order valence-corrected chi connectivity index (χ2v) is 9.01. The van der Waals surface area contributed by atoms with E-state index in [9.17, 15) is 22.0 Å². The first-order valence-corrected chi connectivity index (χ1v) is 10.6. The second-order valence-electron chi connectivity index (χ2n) is 9.01. The van der Waals surface area contributed by atoms with Crippen LogP contribution in [0.2, 0.25) is 0 Å². The van der Waals surface area contributed by atoms with Gasteiger partial charge in [0, 0.05) is 37.8 Å². The Bertz CT molecular complexity index is 1140. The van der Waals surface area contributed by atoms with Crippen LogP contribution in [0.3, 0.4) is 0 Å². The Morgan fingerprint density at radius 3 is 2.12 bits per heavy atom. The Balaban J connectivity index is 1.58. The van der Waals surface area contributed by atoms with Crippen molar-refractivity contribution in [2.24, 2.45) is 0 Å². The summed E-state index contributed by atoms with van der Waals surface area (Å²) in [6, 6.07) is 4.73. The van der Waals surface area contributed by atoms with Gasteiger partial charge in [-0.25, -0.2) is 18.4 Å². The first kappa shape index (κ1) is 23.9. The molecule has 4 rings (SSSR count). The zero-order valence-electron chi connectivity index (χ0n) is 18.9. The molecule has 3 heterocycles. The monoisotopic (exact) mass is 481 g/mol. The van der Waals surface area contributed by atoms with Crippen molar-refractivity contribution in [3.63, 3.8) is 0 Å². The number of rotatable bonds is 4. The van der Waals surface area contributed by atoms with Gasteiger partial charge in [0.1, 0.15) is 29.6 Å². The molecule has 34 heavy (non-hydrogen) atoms. The zero-order chi connectivity index (χ0) is 24.7. The molecular weight excluding hydrogens is 457 g/mol. The van der Waals surface area contributed by atoms with Gasteiger partial charge < -0.3 is 10.2 Å². The fraction of sp³-hybridized carbons (Fsp3) is 0.409. The van der Waals surface area contributed by atoms with Crippen LogP contribution < -0.4 is 10.2 Å². The van der Waals surface area contributed by atoms with E-state index >= 15 is 0 Å². The van der Waals surface area contributed by atoms with Crippen molar-refractivity contribution in [2.45, 2.75) is 32.5 Å². The lowest BCUT2D eigenvalue weighted by Crippen LogP contribution is -2.53. The van der Waals surface area contributed by atoms with E-state index in [1.54, 1.807) is 0 Å². The van der Waals surface area contributed by atoms with Crippen molar-refractivity contribution in [2.75, 3.05) is 36.4 Å². The Morgan fingerprint density at radius 1 is 0.882 bits per heavy atom. The summed E-state index contributed by atoms with van der Waals surface area (Å²) in [6.45, 7) is 8.74. The molecule has 1 aliphatic rings. The number of aromatic nitrogens is 4. The maximum Gasteiger partial charge on any atom is 0.416 e. The van der Waals surface area contributed by atoms with Gasteiger partial charge in [0.2, 0.25) is 5.95 Å². The van der Waals surface area contributed by atoms with Crippen molar-refractivity contribution < 1.29 is 22.0 Å². The van der Waals surface area contributed by atoms with Crippen LogP contribution in [0.25, 0.3) is 5.69 Å². The number of halogens is 5. The molecule has 7 nitrogen and oxygen atoms in total. The molecule has 2 aromatic heterocycles. The average Bonchev–Trinajstić information content (AvgIpc) is 3.20. The summed E-state index contributed by atoms with van der Waals surface area (Å²) in [6.07, 6.45) is -3.38. The van der Waals surface area contributed by atoms with Gasteiger partial charge in [-0.3, -0.25) is 4.90 Å². The van der Waals surface area contributed by atoms with E-state index in [4.69, 9.17) is 0 Å². The zero-order valence-corrected chi connectivity index (χ0v) is 18.9. The van der Waals surface area contributed by atoms with Crippen LogP contribution in [0.4, 0.5) is 39.5 Å². The summed E-state index contributed by atoms with van der Waals surface area (Å²) in [4.78, 5) is 12.4. The number of pyridine rings is 1. The van der Waals surface area contributed by atoms with E-state index in [0.717, 1.165) is 35.0 Å². The minimum Gasteiger partial charge on any atom is -0.354 e. The largest absolute Gasteiger partial charge is 0.416 e. The third kappa shape index (κ3) is 5.44. The maximum atomic E-state index is 13.6. The third-order valence-electron chi connectivity index (χ3n) is 5.54. The Morgan fingerprint density at radius 2 is 1.53 bits per heavy atom. The summed E-state index contributed by atoms with van der Waals surface area (Å²) >= 11 is 0. The fourth-order valence-corrected chi connectivity index (χ4v) is 3.74. The SMILES string of the molecule is CC(C)(C)N1CCN(c2cc(C(F)(F)F)cc(Nc3ncn(-c4cc(F)cc(F)c4)n3)n2)CC1. The molecule has 12 heteroatoms. The minimum atomic E-state index is -4.58. The van der Waals surface area contributed by atoms with E-state index in [0.29, 0.717) is 26.2 Å². The van der Waals surface area contributed by atoms with Gasteiger partial charge in [0.15, 0.2) is 0 Å². The molecule has 0 unspecified atom stereocenters. The van der Waals surface area contributed by atoms with Crippen LogP contribution in [0.15, 0.2) is 36.7 Å². The highest BCUT2D eigenvalue weighted by Crippen LogP contribution is 2.34. The smallest absolute Gasteiger partial charge is 0.354 e. The topological polar surface area (TPSA) is 62.1 Å². The standard InChI is InChI=1S/C22H24F5N7/c1-21(2,3)33-6-4-32(5-7-33)19-9-14(22(25,26)27)8-18(29-19)30-20-28-13-34(31-20)17-11-15(23)10-16(24)12-17/h8-13H,4-7H2,1-3H3,(H,29,30,31). The number of nitrogens with zero attached hydrogens (tertiary/aromatic N) is 6. The van der Waals surface area contributed by atoms with Gasteiger partial charge in [-0.15, -0.1) is 5.10 Å². The number of hydrogen-bond acceptors (Lipinski definition) is 6. The predicted octanol–water partition coefficient (Wildman–Crippen LogP) is 4.62. The van der Waals surface area contributed by atoms with Gasteiger partial charge in [-0.2, -0.15) is 18.2 Å². The van der Waals surface area contributed by atoms with E-state index in [1.165, 1.54) is 6.33 Å². The molecule has 1 N–H and O–H groups in total. The highest BCUT2D eigenvalue weighted by molar-refractivity contribution is 5.56. The number of piperazine rings is 1. The number of anilines is 3. The summed E-state index contributed by atoms with van der Waals surface area (Å²) in [5.41, 5.74) is -0.813. The second kappa shape index (κ2) is 8.82. The number of alkyl halides is 3. The van der Waals surface area contributed by atoms with E-state index < -0.39 is 23.4 Å². The van der Waals surface area contributed by atoms with Gasteiger partial charge in [-0.05, 0) is 45.0 Å². The summed E-state index contributed by atoms with van der Waals surface area (Å²) < 4.78 is 68.8. The van der Waals surface area contributed by atoms with Crippen molar-refractivity contribution in [1.82, 2.24) is 24.6 Å². The first-order valence-electron chi connectivity index (χ1n) is 10.6. The van der Waals surface area contributed by atoms with Crippen molar-refractivity contribution in [1.29, 1.82) is 0 Å². The molecule has 0 spiro atoms. The fourth-order valence-electron chi connectivity index (χ4n) is 3.74. The van der Waals surface area contributed by atoms with Crippen LogP contribution in [0.5, 0.6) is 0 Å². The average molecular weight is 481 g/mol. The highest BCUT2D eigenvalue weighted by Gasteiger charge is 2.33. The van der Waals surface area contributed by atoms with Crippen molar-refractivity contribution in [3.8, 4) is 5.69 Å². The molecule has 1 fully saturated rings. The highest BCUT2D eigenvalue weighted by atomic mass is 19.4. The van der Waals surface area contributed by atoms with Crippen LogP contribution in [-0.4, -0.2) is 56.4 Å². The Labute approximate surface area is 193 Å².